The lowest BCUT2D eigenvalue weighted by molar-refractivity contribution is 0.347. The number of nitrogens with one attached hydrogen (secondary N) is 2. The standard InChI is InChI=1S/C19H28N4O2S3.HI/c1-2-20-19(21-11-10-16-7-6-14-26-16)22-15-17-8-9-18(27-17)28(24,25)23-12-4-3-5-13-23;/h6-9,14H,2-5,10-13,15H2,1H3,(H2,20,21,22);1H. The molecule has 0 unspecified atom stereocenters. The highest BCUT2D eigenvalue weighted by molar-refractivity contribution is 14.0. The summed E-state index contributed by atoms with van der Waals surface area (Å²) in [5.74, 6) is 0.757. The summed E-state index contributed by atoms with van der Waals surface area (Å²) in [5.41, 5.74) is 0. The van der Waals surface area contributed by atoms with Gasteiger partial charge in [-0.1, -0.05) is 12.5 Å². The lowest BCUT2D eigenvalue weighted by Gasteiger charge is -2.25. The number of hydrogen-bond donors (Lipinski definition) is 2. The highest BCUT2D eigenvalue weighted by Crippen LogP contribution is 2.27. The molecule has 1 fully saturated rings. The molecule has 1 saturated heterocycles. The lowest BCUT2D eigenvalue weighted by Crippen LogP contribution is -2.38. The Balaban J connectivity index is 0.00000300. The zero-order valence-electron chi connectivity index (χ0n) is 16.6. The maximum absolute atomic E-state index is 12.8. The van der Waals surface area contributed by atoms with E-state index in [1.165, 1.54) is 16.2 Å². The van der Waals surface area contributed by atoms with Gasteiger partial charge in [0, 0.05) is 35.9 Å². The van der Waals surface area contributed by atoms with E-state index in [0.717, 1.165) is 49.6 Å². The van der Waals surface area contributed by atoms with Crippen molar-refractivity contribution in [2.75, 3.05) is 26.2 Å². The van der Waals surface area contributed by atoms with Crippen molar-refractivity contribution in [3.8, 4) is 0 Å². The van der Waals surface area contributed by atoms with Crippen molar-refractivity contribution in [2.24, 2.45) is 4.99 Å². The molecule has 0 bridgehead atoms. The van der Waals surface area contributed by atoms with Gasteiger partial charge in [0.15, 0.2) is 5.96 Å². The second-order valence-electron chi connectivity index (χ2n) is 6.64. The highest BCUT2D eigenvalue weighted by atomic mass is 127. The van der Waals surface area contributed by atoms with Crippen LogP contribution in [-0.2, 0) is 23.0 Å². The fourth-order valence-corrected chi connectivity index (χ4v) is 6.73. The minimum absolute atomic E-state index is 0. The zero-order chi connectivity index (χ0) is 19.8. The second-order valence-corrected chi connectivity index (χ2v) is 11.0. The number of halogens is 1. The molecule has 3 rings (SSSR count). The monoisotopic (exact) mass is 568 g/mol. The smallest absolute Gasteiger partial charge is 0.252 e. The fourth-order valence-electron chi connectivity index (χ4n) is 3.07. The SMILES string of the molecule is CCNC(=NCc1ccc(S(=O)(=O)N2CCCCC2)s1)NCCc1cccs1.I. The van der Waals surface area contributed by atoms with Crippen LogP contribution < -0.4 is 10.6 Å². The third kappa shape index (κ3) is 7.20. The lowest BCUT2D eigenvalue weighted by atomic mass is 10.2. The molecule has 0 radical (unpaired) electrons. The van der Waals surface area contributed by atoms with Crippen molar-refractivity contribution in [1.29, 1.82) is 0 Å². The molecule has 2 aromatic rings. The van der Waals surface area contributed by atoms with Crippen molar-refractivity contribution < 1.29 is 8.42 Å². The Bertz CT molecular complexity index is 860. The third-order valence-electron chi connectivity index (χ3n) is 4.53. The van der Waals surface area contributed by atoms with E-state index in [1.807, 2.05) is 13.0 Å². The van der Waals surface area contributed by atoms with Gasteiger partial charge in [0.2, 0.25) is 0 Å². The predicted octanol–water partition coefficient (Wildman–Crippen LogP) is 3.90. The summed E-state index contributed by atoms with van der Waals surface area (Å²) < 4.78 is 27.6. The van der Waals surface area contributed by atoms with Crippen LogP contribution in [0.15, 0.2) is 38.8 Å². The van der Waals surface area contributed by atoms with Crippen LogP contribution in [-0.4, -0.2) is 44.9 Å². The normalized spacial score (nSPS) is 15.7. The summed E-state index contributed by atoms with van der Waals surface area (Å²) in [5, 5.41) is 8.67. The molecule has 6 nitrogen and oxygen atoms in total. The van der Waals surface area contributed by atoms with Crippen LogP contribution in [0.1, 0.15) is 35.9 Å². The van der Waals surface area contributed by atoms with Gasteiger partial charge < -0.3 is 10.6 Å². The third-order valence-corrected chi connectivity index (χ3v) is 8.90. The van der Waals surface area contributed by atoms with Gasteiger partial charge >= 0.3 is 0 Å². The molecule has 162 valence electrons. The molecule has 2 N–H and O–H groups in total. The summed E-state index contributed by atoms with van der Waals surface area (Å²) in [6.45, 7) is 5.35. The van der Waals surface area contributed by atoms with E-state index < -0.39 is 10.0 Å². The largest absolute Gasteiger partial charge is 0.357 e. The van der Waals surface area contributed by atoms with Crippen molar-refractivity contribution in [3.63, 3.8) is 0 Å². The minimum Gasteiger partial charge on any atom is -0.357 e. The summed E-state index contributed by atoms with van der Waals surface area (Å²) >= 11 is 3.08. The number of guanidine groups is 1. The van der Waals surface area contributed by atoms with Gasteiger partial charge in [-0.15, -0.1) is 46.7 Å². The topological polar surface area (TPSA) is 73.8 Å². The van der Waals surface area contributed by atoms with Crippen LogP contribution in [0.25, 0.3) is 0 Å². The number of piperidine rings is 1. The molecule has 10 heteroatoms. The fraction of sp³-hybridized carbons (Fsp3) is 0.526. The second kappa shape index (κ2) is 12.2. The molecule has 29 heavy (non-hydrogen) atoms. The molecular formula is C19H29IN4O2S3. The average Bonchev–Trinajstić information content (AvgIpc) is 3.39. The molecular weight excluding hydrogens is 539 g/mol. The van der Waals surface area contributed by atoms with Crippen molar-refractivity contribution in [1.82, 2.24) is 14.9 Å². The van der Waals surface area contributed by atoms with Crippen LogP contribution in [0.4, 0.5) is 0 Å². The number of sulfonamides is 1. The van der Waals surface area contributed by atoms with E-state index in [1.54, 1.807) is 21.7 Å². The Kier molecular flexibility index (Phi) is 10.4. The molecule has 0 saturated carbocycles. The van der Waals surface area contributed by atoms with Gasteiger partial charge in [0.05, 0.1) is 6.54 Å². The van der Waals surface area contributed by atoms with E-state index in [9.17, 15) is 8.42 Å². The van der Waals surface area contributed by atoms with E-state index >= 15 is 0 Å². The molecule has 0 amide bonds. The molecule has 2 aromatic heterocycles. The molecule has 0 spiro atoms. The van der Waals surface area contributed by atoms with Crippen LogP contribution >= 0.6 is 46.7 Å². The van der Waals surface area contributed by atoms with E-state index in [0.29, 0.717) is 23.8 Å². The number of hydrogen-bond acceptors (Lipinski definition) is 5. The van der Waals surface area contributed by atoms with Crippen molar-refractivity contribution >= 4 is 62.6 Å². The summed E-state index contributed by atoms with van der Waals surface area (Å²) in [4.78, 5) is 6.90. The first-order chi connectivity index (χ1) is 13.6. The van der Waals surface area contributed by atoms with Crippen LogP contribution in [0.3, 0.4) is 0 Å². The summed E-state index contributed by atoms with van der Waals surface area (Å²) in [6, 6.07) is 7.79. The van der Waals surface area contributed by atoms with Gasteiger partial charge in [0.25, 0.3) is 10.0 Å². The van der Waals surface area contributed by atoms with Crippen molar-refractivity contribution in [3.05, 3.63) is 39.4 Å². The van der Waals surface area contributed by atoms with Gasteiger partial charge in [-0.2, -0.15) is 4.31 Å². The molecule has 0 aromatic carbocycles. The Labute approximate surface area is 198 Å². The minimum atomic E-state index is -3.36. The molecule has 1 aliphatic rings. The van der Waals surface area contributed by atoms with Crippen LogP contribution in [0.2, 0.25) is 0 Å². The maximum Gasteiger partial charge on any atom is 0.252 e. The maximum atomic E-state index is 12.8. The molecule has 0 aliphatic carbocycles. The van der Waals surface area contributed by atoms with E-state index in [4.69, 9.17) is 0 Å². The highest BCUT2D eigenvalue weighted by Gasteiger charge is 2.27. The number of aliphatic imine (C=N–C) groups is 1. The Morgan fingerprint density at radius 3 is 2.62 bits per heavy atom. The quantitative estimate of drug-likeness (QED) is 0.288. The number of thiophene rings is 2. The molecule has 1 aliphatic heterocycles. The van der Waals surface area contributed by atoms with Crippen LogP contribution in [0.5, 0.6) is 0 Å². The number of nitrogens with zero attached hydrogens (tertiary/aromatic N) is 2. The van der Waals surface area contributed by atoms with E-state index in [2.05, 4.69) is 33.1 Å². The van der Waals surface area contributed by atoms with Gasteiger partial charge in [-0.25, -0.2) is 13.4 Å². The first-order valence-electron chi connectivity index (χ1n) is 9.73. The summed E-state index contributed by atoms with van der Waals surface area (Å²) in [7, 11) is -3.36. The Morgan fingerprint density at radius 1 is 1.14 bits per heavy atom. The average molecular weight is 569 g/mol. The van der Waals surface area contributed by atoms with Gasteiger partial charge in [0.1, 0.15) is 4.21 Å². The van der Waals surface area contributed by atoms with Crippen LogP contribution in [0, 0.1) is 0 Å². The molecule has 3 heterocycles. The molecule has 0 atom stereocenters. The Morgan fingerprint density at radius 2 is 1.93 bits per heavy atom. The van der Waals surface area contributed by atoms with Gasteiger partial charge in [-0.3, -0.25) is 0 Å². The first kappa shape index (κ1) is 24.6. The number of rotatable bonds is 8. The first-order valence-corrected chi connectivity index (χ1v) is 12.9. The van der Waals surface area contributed by atoms with E-state index in [-0.39, 0.29) is 24.0 Å². The predicted molar refractivity (Wildman–Crippen MR) is 133 cm³/mol. The van der Waals surface area contributed by atoms with Crippen molar-refractivity contribution in [2.45, 2.75) is 43.4 Å². The van der Waals surface area contributed by atoms with Gasteiger partial charge in [-0.05, 0) is 49.8 Å². The summed E-state index contributed by atoms with van der Waals surface area (Å²) in [6.07, 6.45) is 3.97. The Hall–Kier alpha value is -0.690. The zero-order valence-corrected chi connectivity index (χ0v) is 21.4.